The molecule has 0 amide bonds. The standard InChI is InChI=1S/C18H17N3O3S.C2H6/c1-12(22)24-14-4-2-3-13(11-14)17-19-15-5-10-25-16(15)18(20-17)21-6-8-23-9-7-21;1-2/h2-5,10-11H,6-9H2,1H3;1-2H3. The fourth-order valence-electron chi connectivity index (χ4n) is 2.83. The van der Waals surface area contributed by atoms with Crippen molar-refractivity contribution in [3.63, 3.8) is 0 Å². The number of carbonyl (C=O) groups excluding carboxylic acids is 1. The largest absolute Gasteiger partial charge is 0.427 e. The quantitative estimate of drug-likeness (QED) is 0.499. The first-order valence-corrected chi connectivity index (χ1v) is 9.95. The lowest BCUT2D eigenvalue weighted by atomic mass is 10.2. The van der Waals surface area contributed by atoms with Crippen molar-refractivity contribution < 1.29 is 14.3 Å². The molecule has 27 heavy (non-hydrogen) atoms. The van der Waals surface area contributed by atoms with Crippen LogP contribution in [0.2, 0.25) is 0 Å². The molecule has 142 valence electrons. The number of morpholine rings is 1. The van der Waals surface area contributed by atoms with Crippen LogP contribution in [0.4, 0.5) is 5.82 Å². The number of anilines is 1. The van der Waals surface area contributed by atoms with E-state index < -0.39 is 0 Å². The number of nitrogens with zero attached hydrogens (tertiary/aromatic N) is 3. The number of esters is 1. The van der Waals surface area contributed by atoms with Crippen LogP contribution in [0.25, 0.3) is 21.6 Å². The van der Waals surface area contributed by atoms with E-state index in [0.717, 1.165) is 34.7 Å². The third-order valence-electron chi connectivity index (χ3n) is 3.95. The minimum Gasteiger partial charge on any atom is -0.427 e. The summed E-state index contributed by atoms with van der Waals surface area (Å²) in [5.74, 6) is 1.71. The average molecular weight is 385 g/mol. The van der Waals surface area contributed by atoms with Gasteiger partial charge in [-0.3, -0.25) is 4.79 Å². The van der Waals surface area contributed by atoms with Crippen LogP contribution in [0.1, 0.15) is 20.8 Å². The van der Waals surface area contributed by atoms with Gasteiger partial charge in [-0.15, -0.1) is 11.3 Å². The Kier molecular flexibility index (Phi) is 6.36. The van der Waals surface area contributed by atoms with Gasteiger partial charge in [0.1, 0.15) is 5.75 Å². The minimum absolute atomic E-state index is 0.347. The van der Waals surface area contributed by atoms with Gasteiger partial charge in [0.25, 0.3) is 0 Å². The van der Waals surface area contributed by atoms with E-state index >= 15 is 0 Å². The Balaban J connectivity index is 0.00000102. The maximum atomic E-state index is 11.2. The number of hydrogen-bond donors (Lipinski definition) is 0. The highest BCUT2D eigenvalue weighted by atomic mass is 32.1. The fraction of sp³-hybridized carbons (Fsp3) is 0.350. The van der Waals surface area contributed by atoms with Crippen molar-refractivity contribution in [3.8, 4) is 17.1 Å². The molecule has 1 aliphatic heterocycles. The van der Waals surface area contributed by atoms with Crippen LogP contribution < -0.4 is 9.64 Å². The third kappa shape index (κ3) is 4.43. The Morgan fingerprint density at radius 1 is 1.19 bits per heavy atom. The number of ether oxygens (including phenoxy) is 2. The molecular formula is C20H23N3O3S. The summed E-state index contributed by atoms with van der Waals surface area (Å²) in [6.45, 7) is 8.42. The summed E-state index contributed by atoms with van der Waals surface area (Å²) < 4.78 is 11.7. The molecule has 0 unspecified atom stereocenters. The molecule has 4 rings (SSSR count). The zero-order valence-corrected chi connectivity index (χ0v) is 16.6. The summed E-state index contributed by atoms with van der Waals surface area (Å²) in [4.78, 5) is 22.9. The van der Waals surface area contributed by atoms with E-state index in [9.17, 15) is 4.79 Å². The predicted octanol–water partition coefficient (Wildman–Crippen LogP) is 4.15. The number of hydrogen-bond acceptors (Lipinski definition) is 7. The molecule has 7 heteroatoms. The summed E-state index contributed by atoms with van der Waals surface area (Å²) in [5, 5.41) is 2.03. The van der Waals surface area contributed by atoms with Gasteiger partial charge in [0, 0.05) is 25.6 Å². The second-order valence-electron chi connectivity index (χ2n) is 5.73. The summed E-state index contributed by atoms with van der Waals surface area (Å²) in [7, 11) is 0. The Hall–Kier alpha value is -2.51. The zero-order chi connectivity index (χ0) is 19.2. The number of rotatable bonds is 3. The van der Waals surface area contributed by atoms with Gasteiger partial charge in [0.15, 0.2) is 11.6 Å². The summed E-state index contributed by atoms with van der Waals surface area (Å²) in [6.07, 6.45) is 0. The van der Waals surface area contributed by atoms with Crippen molar-refractivity contribution in [1.82, 2.24) is 9.97 Å². The molecule has 0 bridgehead atoms. The van der Waals surface area contributed by atoms with E-state index in [-0.39, 0.29) is 5.97 Å². The van der Waals surface area contributed by atoms with E-state index in [1.807, 2.05) is 37.4 Å². The molecular weight excluding hydrogens is 362 g/mol. The molecule has 6 nitrogen and oxygen atoms in total. The number of thiophene rings is 1. The highest BCUT2D eigenvalue weighted by Gasteiger charge is 2.19. The van der Waals surface area contributed by atoms with Gasteiger partial charge in [0.05, 0.1) is 23.4 Å². The van der Waals surface area contributed by atoms with Crippen LogP contribution in [0.5, 0.6) is 5.75 Å². The lowest BCUT2D eigenvalue weighted by Gasteiger charge is -2.28. The van der Waals surface area contributed by atoms with Crippen molar-refractivity contribution >= 4 is 33.3 Å². The first kappa shape index (κ1) is 19.3. The molecule has 3 heterocycles. The van der Waals surface area contributed by atoms with Gasteiger partial charge in [-0.2, -0.15) is 0 Å². The topological polar surface area (TPSA) is 64.5 Å². The molecule has 0 atom stereocenters. The molecule has 1 fully saturated rings. The van der Waals surface area contributed by atoms with Crippen molar-refractivity contribution in [1.29, 1.82) is 0 Å². The number of aromatic nitrogens is 2. The Morgan fingerprint density at radius 3 is 2.70 bits per heavy atom. The normalized spacial score (nSPS) is 13.8. The highest BCUT2D eigenvalue weighted by Crippen LogP contribution is 2.32. The summed E-state index contributed by atoms with van der Waals surface area (Å²) in [6, 6.07) is 9.30. The van der Waals surface area contributed by atoms with Crippen molar-refractivity contribution in [2.24, 2.45) is 0 Å². The maximum absolute atomic E-state index is 11.2. The second kappa shape index (κ2) is 8.92. The monoisotopic (exact) mass is 385 g/mol. The average Bonchev–Trinajstić information content (AvgIpc) is 3.18. The summed E-state index contributed by atoms with van der Waals surface area (Å²) >= 11 is 1.65. The maximum Gasteiger partial charge on any atom is 0.308 e. The lowest BCUT2D eigenvalue weighted by molar-refractivity contribution is -0.131. The van der Waals surface area contributed by atoms with Gasteiger partial charge >= 0.3 is 5.97 Å². The Morgan fingerprint density at radius 2 is 1.96 bits per heavy atom. The van der Waals surface area contributed by atoms with Gasteiger partial charge in [-0.25, -0.2) is 9.97 Å². The minimum atomic E-state index is -0.347. The van der Waals surface area contributed by atoms with Crippen LogP contribution in [0.3, 0.4) is 0 Å². The second-order valence-corrected chi connectivity index (χ2v) is 6.64. The molecule has 0 aliphatic carbocycles. The van der Waals surface area contributed by atoms with Gasteiger partial charge in [0.2, 0.25) is 0 Å². The van der Waals surface area contributed by atoms with Crippen molar-refractivity contribution in [2.45, 2.75) is 20.8 Å². The van der Waals surface area contributed by atoms with E-state index in [0.29, 0.717) is 24.8 Å². The smallest absolute Gasteiger partial charge is 0.308 e. The molecule has 0 saturated carbocycles. The summed E-state index contributed by atoms with van der Waals surface area (Å²) in [5.41, 5.74) is 1.75. The van der Waals surface area contributed by atoms with E-state index in [1.165, 1.54) is 6.92 Å². The molecule has 2 aromatic heterocycles. The molecule has 1 saturated heterocycles. The molecule has 3 aromatic rings. The predicted molar refractivity (Wildman–Crippen MR) is 109 cm³/mol. The molecule has 0 N–H and O–H groups in total. The molecule has 0 spiro atoms. The zero-order valence-electron chi connectivity index (χ0n) is 15.8. The number of benzene rings is 1. The van der Waals surface area contributed by atoms with Gasteiger partial charge < -0.3 is 14.4 Å². The molecule has 1 aliphatic rings. The van der Waals surface area contributed by atoms with E-state index in [2.05, 4.69) is 9.88 Å². The highest BCUT2D eigenvalue weighted by molar-refractivity contribution is 7.17. The first-order chi connectivity index (χ1) is 13.2. The molecule has 0 radical (unpaired) electrons. The Labute approximate surface area is 162 Å². The number of carbonyl (C=O) groups is 1. The van der Waals surface area contributed by atoms with Gasteiger partial charge in [-0.05, 0) is 23.6 Å². The van der Waals surface area contributed by atoms with Crippen LogP contribution in [0, 0.1) is 0 Å². The van der Waals surface area contributed by atoms with Crippen LogP contribution in [0.15, 0.2) is 35.7 Å². The van der Waals surface area contributed by atoms with Crippen LogP contribution in [-0.2, 0) is 9.53 Å². The SMILES string of the molecule is CC.CC(=O)Oc1cccc(-c2nc(N3CCOCC3)c3sccc3n2)c1. The fourth-order valence-corrected chi connectivity index (χ4v) is 3.68. The van der Waals surface area contributed by atoms with Crippen molar-refractivity contribution in [3.05, 3.63) is 35.7 Å². The molecule has 1 aromatic carbocycles. The number of fused-ring (bicyclic) bond motifs is 1. The van der Waals surface area contributed by atoms with Crippen molar-refractivity contribution in [2.75, 3.05) is 31.2 Å². The lowest BCUT2D eigenvalue weighted by Crippen LogP contribution is -2.36. The van der Waals surface area contributed by atoms with Gasteiger partial charge in [-0.1, -0.05) is 26.0 Å². The Bertz CT molecular complexity index is 920. The first-order valence-electron chi connectivity index (χ1n) is 9.07. The van der Waals surface area contributed by atoms with E-state index in [4.69, 9.17) is 14.5 Å². The third-order valence-corrected chi connectivity index (χ3v) is 4.85. The van der Waals surface area contributed by atoms with E-state index in [1.54, 1.807) is 23.5 Å². The van der Waals surface area contributed by atoms with Crippen LogP contribution >= 0.6 is 11.3 Å². The van der Waals surface area contributed by atoms with Crippen LogP contribution in [-0.4, -0.2) is 42.2 Å².